The van der Waals surface area contributed by atoms with Gasteiger partial charge < -0.3 is 15.6 Å². The second-order valence-electron chi connectivity index (χ2n) is 2.94. The molecule has 0 amide bonds. The number of benzene rings is 1. The fraction of sp³-hybridized carbons (Fsp3) is 0.333. The van der Waals surface area contributed by atoms with Crippen LogP contribution in [0.25, 0.3) is 0 Å². The van der Waals surface area contributed by atoms with Crippen LogP contribution in [0.4, 0.5) is 5.69 Å². The second-order valence-corrected chi connectivity index (χ2v) is 2.94. The molecule has 0 aliphatic rings. The smallest absolute Gasteiger partial charge is 0.315 e. The van der Waals surface area contributed by atoms with Gasteiger partial charge in [-0.15, -0.1) is 0 Å². The average molecular weight is 212 g/mol. The first-order valence-electron chi connectivity index (χ1n) is 4.29. The number of nitro benzene ring substituents is 1. The summed E-state index contributed by atoms with van der Waals surface area (Å²) in [5.74, 6) is 0.140. The molecule has 1 aromatic carbocycles. The fourth-order valence-electron chi connectivity index (χ4n) is 1.30. The molecular formula is C9H12N2O4. The number of methoxy groups -OCH3 is 1. The van der Waals surface area contributed by atoms with Gasteiger partial charge in [0.2, 0.25) is 0 Å². The number of aliphatic hydroxyl groups is 1. The Labute approximate surface area is 86.4 Å². The molecule has 0 aromatic heterocycles. The number of hydrogen-bond donors (Lipinski definition) is 2. The minimum Gasteiger partial charge on any atom is -0.490 e. The summed E-state index contributed by atoms with van der Waals surface area (Å²) >= 11 is 0. The largest absolute Gasteiger partial charge is 0.490 e. The van der Waals surface area contributed by atoms with Crippen molar-refractivity contribution in [2.24, 2.45) is 5.73 Å². The summed E-state index contributed by atoms with van der Waals surface area (Å²) in [5, 5.41) is 19.7. The second kappa shape index (κ2) is 4.72. The Kier molecular flexibility index (Phi) is 3.59. The summed E-state index contributed by atoms with van der Waals surface area (Å²) in [6, 6.07) is 3.80. The van der Waals surface area contributed by atoms with Crippen LogP contribution in [0.3, 0.4) is 0 Å². The SMILES string of the molecule is COc1cccc([C@@H](N)CO)c1[N+](=O)[O-]. The Bertz CT molecular complexity index is 367. The highest BCUT2D eigenvalue weighted by Crippen LogP contribution is 2.33. The molecule has 0 unspecified atom stereocenters. The van der Waals surface area contributed by atoms with E-state index >= 15 is 0 Å². The zero-order valence-corrected chi connectivity index (χ0v) is 8.21. The molecule has 0 fully saturated rings. The molecule has 1 rings (SSSR count). The molecule has 1 aromatic rings. The minimum atomic E-state index is -0.777. The molecule has 0 saturated carbocycles. The van der Waals surface area contributed by atoms with E-state index in [0.717, 1.165) is 0 Å². The minimum absolute atomic E-state index is 0.140. The highest BCUT2D eigenvalue weighted by atomic mass is 16.6. The van der Waals surface area contributed by atoms with Crippen LogP contribution in [0, 0.1) is 10.1 Å². The number of aliphatic hydroxyl groups excluding tert-OH is 1. The van der Waals surface area contributed by atoms with Crippen LogP contribution in [0.15, 0.2) is 18.2 Å². The van der Waals surface area contributed by atoms with Crippen LogP contribution in [-0.4, -0.2) is 23.7 Å². The molecule has 82 valence electrons. The molecule has 6 heteroatoms. The molecular weight excluding hydrogens is 200 g/mol. The molecule has 0 saturated heterocycles. The lowest BCUT2D eigenvalue weighted by Gasteiger charge is -2.10. The van der Waals surface area contributed by atoms with Crippen molar-refractivity contribution in [3.8, 4) is 5.75 Å². The lowest BCUT2D eigenvalue weighted by molar-refractivity contribution is -0.386. The van der Waals surface area contributed by atoms with Crippen LogP contribution in [0.2, 0.25) is 0 Å². The van der Waals surface area contributed by atoms with Gasteiger partial charge >= 0.3 is 5.69 Å². The topological polar surface area (TPSA) is 98.6 Å². The molecule has 0 radical (unpaired) electrons. The molecule has 6 nitrogen and oxygen atoms in total. The van der Waals surface area contributed by atoms with Gasteiger partial charge in [0.25, 0.3) is 0 Å². The predicted molar refractivity (Wildman–Crippen MR) is 53.7 cm³/mol. The first-order valence-corrected chi connectivity index (χ1v) is 4.29. The Morgan fingerprint density at radius 2 is 2.33 bits per heavy atom. The molecule has 0 aliphatic carbocycles. The highest BCUT2D eigenvalue weighted by molar-refractivity contribution is 5.54. The van der Waals surface area contributed by atoms with Crippen molar-refractivity contribution in [3.63, 3.8) is 0 Å². The van der Waals surface area contributed by atoms with Gasteiger partial charge in [-0.2, -0.15) is 0 Å². The molecule has 0 heterocycles. The van der Waals surface area contributed by atoms with E-state index in [1.54, 1.807) is 6.07 Å². The maximum atomic E-state index is 10.8. The van der Waals surface area contributed by atoms with Crippen LogP contribution in [-0.2, 0) is 0 Å². The standard InChI is InChI=1S/C9H12N2O4/c1-15-8-4-2-3-6(7(10)5-12)9(8)11(13)14/h2-4,7,12H,5,10H2,1H3/t7-/m0/s1. The molecule has 0 spiro atoms. The molecule has 3 N–H and O–H groups in total. The quantitative estimate of drug-likeness (QED) is 0.562. The van der Waals surface area contributed by atoms with E-state index in [-0.39, 0.29) is 23.6 Å². The number of para-hydroxylation sites is 1. The van der Waals surface area contributed by atoms with E-state index in [2.05, 4.69) is 0 Å². The summed E-state index contributed by atoms with van der Waals surface area (Å²) in [7, 11) is 1.34. The van der Waals surface area contributed by atoms with E-state index in [0.29, 0.717) is 0 Å². The highest BCUT2D eigenvalue weighted by Gasteiger charge is 2.23. The van der Waals surface area contributed by atoms with Gasteiger partial charge in [-0.25, -0.2) is 0 Å². The number of rotatable bonds is 4. The summed E-state index contributed by atoms with van der Waals surface area (Å²) in [5.41, 5.74) is 5.62. The van der Waals surface area contributed by atoms with Crippen molar-refractivity contribution in [3.05, 3.63) is 33.9 Å². The van der Waals surface area contributed by atoms with E-state index in [4.69, 9.17) is 15.6 Å². The first-order chi connectivity index (χ1) is 7.11. The molecule has 0 bridgehead atoms. The molecule has 0 aliphatic heterocycles. The van der Waals surface area contributed by atoms with Gasteiger partial charge in [0.1, 0.15) is 0 Å². The van der Waals surface area contributed by atoms with Crippen LogP contribution >= 0.6 is 0 Å². The third kappa shape index (κ3) is 2.23. The summed E-state index contributed by atoms with van der Waals surface area (Å²) in [4.78, 5) is 10.2. The predicted octanol–water partition coefficient (Wildman–Crippen LogP) is 0.595. The van der Waals surface area contributed by atoms with E-state index in [9.17, 15) is 10.1 Å². The number of hydrogen-bond acceptors (Lipinski definition) is 5. The Morgan fingerprint density at radius 3 is 2.80 bits per heavy atom. The Balaban J connectivity index is 3.31. The number of nitrogens with zero attached hydrogens (tertiary/aromatic N) is 1. The number of nitro groups is 1. The van der Waals surface area contributed by atoms with E-state index in [1.165, 1.54) is 19.2 Å². The van der Waals surface area contributed by atoms with Crippen LogP contribution < -0.4 is 10.5 Å². The zero-order valence-electron chi connectivity index (χ0n) is 8.21. The lowest BCUT2D eigenvalue weighted by atomic mass is 10.1. The van der Waals surface area contributed by atoms with Gasteiger partial charge in [-0.05, 0) is 6.07 Å². The summed E-state index contributed by atoms with van der Waals surface area (Å²) in [6.45, 7) is -0.353. The first kappa shape index (κ1) is 11.4. The van der Waals surface area contributed by atoms with E-state index < -0.39 is 11.0 Å². The number of nitrogens with two attached hydrogens (primary N) is 1. The van der Waals surface area contributed by atoms with Crippen molar-refractivity contribution in [2.45, 2.75) is 6.04 Å². The fourth-order valence-corrected chi connectivity index (χ4v) is 1.30. The Hall–Kier alpha value is -1.66. The van der Waals surface area contributed by atoms with Gasteiger partial charge in [-0.1, -0.05) is 12.1 Å². The van der Waals surface area contributed by atoms with Gasteiger partial charge in [0, 0.05) is 0 Å². The van der Waals surface area contributed by atoms with E-state index in [1.807, 2.05) is 0 Å². The number of ether oxygens (including phenoxy) is 1. The van der Waals surface area contributed by atoms with Gasteiger partial charge in [-0.3, -0.25) is 10.1 Å². The van der Waals surface area contributed by atoms with Gasteiger partial charge in [0.05, 0.1) is 30.2 Å². The normalized spacial score (nSPS) is 12.2. The van der Waals surface area contributed by atoms with Crippen molar-refractivity contribution in [1.29, 1.82) is 0 Å². The monoisotopic (exact) mass is 212 g/mol. The average Bonchev–Trinajstić information content (AvgIpc) is 2.26. The van der Waals surface area contributed by atoms with Crippen molar-refractivity contribution in [1.82, 2.24) is 0 Å². The van der Waals surface area contributed by atoms with Crippen LogP contribution in [0.5, 0.6) is 5.75 Å². The maximum absolute atomic E-state index is 10.8. The van der Waals surface area contributed by atoms with Crippen LogP contribution in [0.1, 0.15) is 11.6 Å². The molecule has 15 heavy (non-hydrogen) atoms. The Morgan fingerprint density at radius 1 is 1.67 bits per heavy atom. The molecule has 1 atom stereocenters. The lowest BCUT2D eigenvalue weighted by Crippen LogP contribution is -2.16. The van der Waals surface area contributed by atoms with Crippen molar-refractivity contribution in [2.75, 3.05) is 13.7 Å². The summed E-state index contributed by atoms with van der Waals surface area (Å²) < 4.78 is 4.86. The zero-order chi connectivity index (χ0) is 11.4. The van der Waals surface area contributed by atoms with Gasteiger partial charge in [0.15, 0.2) is 5.75 Å². The third-order valence-electron chi connectivity index (χ3n) is 2.03. The van der Waals surface area contributed by atoms with Crippen molar-refractivity contribution < 1.29 is 14.8 Å². The third-order valence-corrected chi connectivity index (χ3v) is 2.03. The summed E-state index contributed by atoms with van der Waals surface area (Å²) in [6.07, 6.45) is 0. The maximum Gasteiger partial charge on any atom is 0.315 e. The van der Waals surface area contributed by atoms with Crippen molar-refractivity contribution >= 4 is 5.69 Å².